The Hall–Kier alpha value is -1.14. The summed E-state index contributed by atoms with van der Waals surface area (Å²) in [7, 11) is 0. The van der Waals surface area contributed by atoms with Crippen molar-refractivity contribution < 1.29 is 19.8 Å². The Morgan fingerprint density at radius 3 is 2.40 bits per heavy atom. The number of amides is 1. The van der Waals surface area contributed by atoms with E-state index in [1.54, 1.807) is 0 Å². The topological polar surface area (TPSA) is 104 Å². The van der Waals surface area contributed by atoms with Crippen molar-refractivity contribution in [2.45, 2.75) is 38.0 Å². The Morgan fingerprint density at radius 1 is 1.47 bits per heavy atom. The van der Waals surface area contributed by atoms with E-state index >= 15 is 0 Å². The molecule has 1 aliphatic rings. The molecule has 6 nitrogen and oxygen atoms in total. The van der Waals surface area contributed by atoms with Gasteiger partial charge in [-0.15, -0.1) is 0 Å². The summed E-state index contributed by atoms with van der Waals surface area (Å²) in [5.41, 5.74) is 4.49. The molecule has 86 valence electrons. The zero-order valence-corrected chi connectivity index (χ0v) is 8.80. The third-order valence-electron chi connectivity index (χ3n) is 2.38. The average molecular weight is 216 g/mol. The van der Waals surface area contributed by atoms with Gasteiger partial charge in [0.15, 0.2) is 0 Å². The molecule has 1 aliphatic heterocycles. The lowest BCUT2D eigenvalue weighted by molar-refractivity contribution is -0.150. The highest BCUT2D eigenvalue weighted by atomic mass is 16.4. The highest BCUT2D eigenvalue weighted by Gasteiger charge is 2.42. The summed E-state index contributed by atoms with van der Waals surface area (Å²) in [5, 5.41) is 18.2. The van der Waals surface area contributed by atoms with Crippen molar-refractivity contribution in [2.75, 3.05) is 6.54 Å². The summed E-state index contributed by atoms with van der Waals surface area (Å²) in [6.45, 7) is 3.06. The number of carboxylic acids is 1. The maximum atomic E-state index is 11.8. The molecule has 1 rings (SSSR count). The van der Waals surface area contributed by atoms with E-state index in [4.69, 9.17) is 10.8 Å². The van der Waals surface area contributed by atoms with Crippen molar-refractivity contribution in [2.24, 2.45) is 5.73 Å². The van der Waals surface area contributed by atoms with Gasteiger partial charge in [0, 0.05) is 13.0 Å². The number of hydrogen-bond donors (Lipinski definition) is 3. The normalized spacial score (nSPS) is 26.8. The average Bonchev–Trinajstić information content (AvgIpc) is 2.44. The van der Waals surface area contributed by atoms with E-state index in [1.807, 2.05) is 0 Å². The second-order valence-corrected chi connectivity index (χ2v) is 4.42. The van der Waals surface area contributed by atoms with Gasteiger partial charge in [-0.2, -0.15) is 0 Å². The van der Waals surface area contributed by atoms with E-state index < -0.39 is 29.6 Å². The van der Waals surface area contributed by atoms with Crippen LogP contribution in [0.5, 0.6) is 0 Å². The minimum absolute atomic E-state index is 0.0381. The van der Waals surface area contributed by atoms with E-state index in [-0.39, 0.29) is 13.0 Å². The van der Waals surface area contributed by atoms with Crippen LogP contribution in [0.1, 0.15) is 20.3 Å². The molecule has 0 spiro atoms. The van der Waals surface area contributed by atoms with Crippen molar-refractivity contribution in [3.8, 4) is 0 Å². The smallest absolute Gasteiger partial charge is 0.326 e. The first-order valence-electron chi connectivity index (χ1n) is 4.74. The summed E-state index contributed by atoms with van der Waals surface area (Å²) < 4.78 is 0. The molecule has 6 heteroatoms. The second kappa shape index (κ2) is 3.79. The monoisotopic (exact) mass is 216 g/mol. The summed E-state index contributed by atoms with van der Waals surface area (Å²) in [6, 6.07) is -0.963. The molecule has 1 fully saturated rings. The Morgan fingerprint density at radius 2 is 2.00 bits per heavy atom. The fraction of sp³-hybridized carbons (Fsp3) is 0.778. The maximum Gasteiger partial charge on any atom is 0.326 e. The Bertz CT molecular complexity index is 284. The van der Waals surface area contributed by atoms with Gasteiger partial charge < -0.3 is 20.8 Å². The number of carboxylic acid groups (broad SMARTS) is 1. The van der Waals surface area contributed by atoms with Crippen molar-refractivity contribution in [1.82, 2.24) is 4.90 Å². The van der Waals surface area contributed by atoms with Crippen LogP contribution in [0, 0.1) is 0 Å². The molecule has 0 aromatic rings. The van der Waals surface area contributed by atoms with Crippen LogP contribution in [0.4, 0.5) is 0 Å². The van der Waals surface area contributed by atoms with Crippen LogP contribution < -0.4 is 5.73 Å². The zero-order valence-electron chi connectivity index (χ0n) is 8.80. The van der Waals surface area contributed by atoms with Crippen molar-refractivity contribution in [3.05, 3.63) is 0 Å². The van der Waals surface area contributed by atoms with Crippen LogP contribution in [0.15, 0.2) is 0 Å². The molecule has 2 atom stereocenters. The number of nitrogens with two attached hydrogens (primary N) is 1. The van der Waals surface area contributed by atoms with Crippen molar-refractivity contribution in [1.29, 1.82) is 0 Å². The lowest BCUT2D eigenvalue weighted by Crippen LogP contribution is -2.54. The first-order valence-corrected chi connectivity index (χ1v) is 4.74. The molecular formula is C9H16N2O4. The maximum absolute atomic E-state index is 11.8. The largest absolute Gasteiger partial charge is 0.480 e. The Kier molecular flexibility index (Phi) is 3.01. The fourth-order valence-electron chi connectivity index (χ4n) is 1.64. The molecule has 1 amide bonds. The molecular weight excluding hydrogens is 200 g/mol. The number of nitrogens with zero attached hydrogens (tertiary/aromatic N) is 1. The van der Waals surface area contributed by atoms with Gasteiger partial charge in [0.1, 0.15) is 6.04 Å². The predicted octanol–water partition coefficient (Wildman–Crippen LogP) is -1.23. The van der Waals surface area contributed by atoms with Crippen LogP contribution in [-0.4, -0.2) is 51.2 Å². The highest BCUT2D eigenvalue weighted by molar-refractivity contribution is 5.90. The molecule has 0 radical (unpaired) electrons. The standard InChI is InChI=1S/C9H16N2O4/c1-9(2,10)8(15)11-4-5(12)3-6(11)7(13)14/h5-6,12H,3-4,10H2,1-2H3,(H,13,14)/t5-,6+/m1/s1. The van der Waals surface area contributed by atoms with Gasteiger partial charge >= 0.3 is 5.97 Å². The van der Waals surface area contributed by atoms with Gasteiger partial charge in [0.25, 0.3) is 0 Å². The lowest BCUT2D eigenvalue weighted by Gasteiger charge is -2.28. The number of hydrogen-bond acceptors (Lipinski definition) is 4. The fourth-order valence-corrected chi connectivity index (χ4v) is 1.64. The summed E-state index contributed by atoms with van der Waals surface area (Å²) in [5.74, 6) is -1.56. The molecule has 0 aliphatic carbocycles. The number of carbonyl (C=O) groups is 2. The van der Waals surface area contributed by atoms with Gasteiger partial charge in [-0.3, -0.25) is 4.79 Å². The molecule has 1 saturated heterocycles. The quantitative estimate of drug-likeness (QED) is 0.536. The third-order valence-corrected chi connectivity index (χ3v) is 2.38. The number of likely N-dealkylation sites (tertiary alicyclic amines) is 1. The number of aliphatic hydroxyl groups excluding tert-OH is 1. The number of aliphatic hydroxyl groups is 1. The van der Waals surface area contributed by atoms with Crippen LogP contribution in [0.2, 0.25) is 0 Å². The van der Waals surface area contributed by atoms with Crippen molar-refractivity contribution >= 4 is 11.9 Å². The number of aliphatic carboxylic acids is 1. The van der Waals surface area contributed by atoms with Gasteiger partial charge in [-0.05, 0) is 13.8 Å². The van der Waals surface area contributed by atoms with Crippen LogP contribution in [0.25, 0.3) is 0 Å². The predicted molar refractivity (Wildman–Crippen MR) is 52.0 cm³/mol. The van der Waals surface area contributed by atoms with E-state index in [2.05, 4.69) is 0 Å². The van der Waals surface area contributed by atoms with Crippen LogP contribution in [0.3, 0.4) is 0 Å². The van der Waals surface area contributed by atoms with E-state index in [1.165, 1.54) is 13.8 Å². The first kappa shape index (κ1) is 11.9. The van der Waals surface area contributed by atoms with E-state index in [0.717, 1.165) is 4.90 Å². The highest BCUT2D eigenvalue weighted by Crippen LogP contribution is 2.21. The number of rotatable bonds is 2. The molecule has 0 aromatic heterocycles. The van der Waals surface area contributed by atoms with E-state index in [0.29, 0.717) is 0 Å². The zero-order chi connectivity index (χ0) is 11.8. The second-order valence-electron chi connectivity index (χ2n) is 4.42. The summed E-state index contributed by atoms with van der Waals surface area (Å²) >= 11 is 0. The third kappa shape index (κ3) is 2.45. The van der Waals surface area contributed by atoms with Crippen LogP contribution in [-0.2, 0) is 9.59 Å². The van der Waals surface area contributed by atoms with E-state index in [9.17, 15) is 14.7 Å². The van der Waals surface area contributed by atoms with Crippen molar-refractivity contribution in [3.63, 3.8) is 0 Å². The first-order chi connectivity index (χ1) is 6.73. The molecule has 15 heavy (non-hydrogen) atoms. The summed E-state index contributed by atoms with van der Waals surface area (Å²) in [4.78, 5) is 23.7. The minimum atomic E-state index is -1.11. The molecule has 0 saturated carbocycles. The number of β-amino-alcohol motifs (C(OH)–C–C–N with tert-alkyl or cyclic N) is 1. The molecule has 0 aromatic carbocycles. The summed E-state index contributed by atoms with van der Waals surface area (Å²) in [6.07, 6.45) is -0.714. The van der Waals surface area contributed by atoms with Gasteiger partial charge in [-0.1, -0.05) is 0 Å². The van der Waals surface area contributed by atoms with Gasteiger partial charge in [-0.25, -0.2) is 4.79 Å². The number of carbonyl (C=O) groups excluding carboxylic acids is 1. The Balaban J connectivity index is 2.85. The molecule has 1 heterocycles. The molecule has 0 bridgehead atoms. The Labute approximate surface area is 87.7 Å². The lowest BCUT2D eigenvalue weighted by atomic mass is 10.0. The molecule has 4 N–H and O–H groups in total. The minimum Gasteiger partial charge on any atom is -0.480 e. The van der Waals surface area contributed by atoms with Gasteiger partial charge in [0.05, 0.1) is 11.6 Å². The van der Waals surface area contributed by atoms with Gasteiger partial charge in [0.2, 0.25) is 5.91 Å². The molecule has 0 unspecified atom stereocenters. The van der Waals surface area contributed by atoms with Crippen LogP contribution >= 0.6 is 0 Å². The SMILES string of the molecule is CC(C)(N)C(=O)N1C[C@H](O)C[C@H]1C(=O)O.